The van der Waals surface area contributed by atoms with Crippen LogP contribution in [0.2, 0.25) is 0 Å². The number of ether oxygens (including phenoxy) is 1. The number of hydrogen-bond acceptors (Lipinski definition) is 8. The Bertz CT molecular complexity index is 1830. The van der Waals surface area contributed by atoms with Crippen molar-refractivity contribution >= 4 is 22.7 Å². The number of benzene rings is 2. The molecule has 10 nitrogen and oxygen atoms in total. The Morgan fingerprint density at radius 3 is 2.63 bits per heavy atom. The molecule has 0 radical (unpaired) electrons. The van der Waals surface area contributed by atoms with Crippen LogP contribution in [-0.2, 0) is 17.6 Å². The van der Waals surface area contributed by atoms with Crippen molar-refractivity contribution in [3.8, 4) is 17.3 Å². The molecule has 1 aliphatic heterocycles. The number of methoxy groups -OCH3 is 1. The van der Waals surface area contributed by atoms with Crippen molar-refractivity contribution in [1.82, 2.24) is 29.6 Å². The number of hydrogen-bond donors (Lipinski definition) is 3. The van der Waals surface area contributed by atoms with Gasteiger partial charge in [0.25, 0.3) is 5.56 Å². The number of nitrogens with one attached hydrogen (secondary N) is 2. The summed E-state index contributed by atoms with van der Waals surface area (Å²) in [6, 6.07) is 18.8. The van der Waals surface area contributed by atoms with Gasteiger partial charge in [-0.25, -0.2) is 19.3 Å². The van der Waals surface area contributed by atoms with Gasteiger partial charge in [-0.2, -0.15) is 4.98 Å². The highest BCUT2D eigenvalue weighted by Crippen LogP contribution is 2.32. The summed E-state index contributed by atoms with van der Waals surface area (Å²) >= 11 is 0. The van der Waals surface area contributed by atoms with Crippen molar-refractivity contribution in [1.29, 1.82) is 0 Å². The molecule has 3 aromatic heterocycles. The first kappa shape index (κ1) is 26.7. The summed E-state index contributed by atoms with van der Waals surface area (Å²) in [7, 11) is 1.56. The van der Waals surface area contributed by atoms with Gasteiger partial charge in [0.05, 0.1) is 12.8 Å². The van der Waals surface area contributed by atoms with Crippen LogP contribution in [0.15, 0.2) is 71.7 Å². The fourth-order valence-corrected chi connectivity index (χ4v) is 5.37. The van der Waals surface area contributed by atoms with Crippen molar-refractivity contribution in [2.75, 3.05) is 19.0 Å². The lowest BCUT2D eigenvalue weighted by molar-refractivity contribution is 0.0738. The van der Waals surface area contributed by atoms with Gasteiger partial charge in [-0.15, -0.1) is 0 Å². The third-order valence-electron chi connectivity index (χ3n) is 7.46. The lowest BCUT2D eigenvalue weighted by Crippen LogP contribution is -2.38. The maximum absolute atomic E-state index is 13.9. The second kappa shape index (κ2) is 9.83. The van der Waals surface area contributed by atoms with Crippen LogP contribution in [0.5, 0.6) is 5.75 Å². The summed E-state index contributed by atoms with van der Waals surface area (Å²) in [6.45, 7) is 9.51. The summed E-state index contributed by atoms with van der Waals surface area (Å²) in [4.78, 5) is 27.9. The highest BCUT2D eigenvalue weighted by atomic mass is 16.5. The number of para-hydroxylation sites is 2. The van der Waals surface area contributed by atoms with E-state index in [1.165, 1.54) is 22.0 Å². The van der Waals surface area contributed by atoms with E-state index in [0.29, 0.717) is 39.9 Å². The Hall–Kier alpha value is -4.54. The van der Waals surface area contributed by atoms with Crippen LogP contribution in [0.3, 0.4) is 0 Å². The van der Waals surface area contributed by atoms with Crippen molar-refractivity contribution in [3.63, 3.8) is 0 Å². The molecule has 0 unspecified atom stereocenters. The monoisotopic (exact) mass is 551 g/mol. The molecule has 6 rings (SSSR count). The third kappa shape index (κ3) is 4.75. The number of anilines is 2. The maximum Gasteiger partial charge on any atom is 0.283 e. The summed E-state index contributed by atoms with van der Waals surface area (Å²) < 4.78 is 8.71. The van der Waals surface area contributed by atoms with Crippen LogP contribution in [0.1, 0.15) is 44.5 Å². The van der Waals surface area contributed by atoms with Crippen LogP contribution >= 0.6 is 0 Å². The molecule has 5 aromatic rings. The minimum atomic E-state index is -1.19. The predicted octanol–water partition coefficient (Wildman–Crippen LogP) is 4.33. The molecule has 0 saturated heterocycles. The molecule has 0 aliphatic carbocycles. The van der Waals surface area contributed by atoms with E-state index in [2.05, 4.69) is 41.6 Å². The van der Waals surface area contributed by atoms with Crippen LogP contribution < -0.4 is 20.9 Å². The Balaban J connectivity index is 1.53. The van der Waals surface area contributed by atoms with Crippen molar-refractivity contribution in [3.05, 3.63) is 94.0 Å². The van der Waals surface area contributed by atoms with Crippen LogP contribution in [0, 0.1) is 0 Å². The van der Waals surface area contributed by atoms with Gasteiger partial charge in [-0.3, -0.25) is 4.79 Å². The zero-order valence-corrected chi connectivity index (χ0v) is 23.8. The topological polar surface area (TPSA) is 119 Å². The molecular formula is C31H33N7O3. The minimum Gasteiger partial charge on any atom is -0.494 e. The summed E-state index contributed by atoms with van der Waals surface area (Å²) in [6.07, 6.45) is 1.53. The molecule has 0 amide bonds. The largest absolute Gasteiger partial charge is 0.494 e. The average Bonchev–Trinajstić information content (AvgIpc) is 3.23. The third-order valence-corrected chi connectivity index (χ3v) is 7.46. The lowest BCUT2D eigenvalue weighted by atomic mass is 9.79. The van der Waals surface area contributed by atoms with Gasteiger partial charge in [0.1, 0.15) is 22.4 Å². The van der Waals surface area contributed by atoms with Gasteiger partial charge >= 0.3 is 0 Å². The Kier molecular flexibility index (Phi) is 6.39. The fourth-order valence-electron chi connectivity index (χ4n) is 5.37. The van der Waals surface area contributed by atoms with E-state index in [0.717, 1.165) is 18.8 Å². The van der Waals surface area contributed by atoms with Crippen molar-refractivity contribution < 1.29 is 9.84 Å². The van der Waals surface area contributed by atoms with E-state index in [-0.39, 0.29) is 11.0 Å². The minimum absolute atomic E-state index is 0.0453. The highest BCUT2D eigenvalue weighted by Gasteiger charge is 2.27. The molecule has 4 heterocycles. The molecule has 10 heteroatoms. The summed E-state index contributed by atoms with van der Waals surface area (Å²) in [5.41, 5.74) is 3.26. The smallest absolute Gasteiger partial charge is 0.283 e. The number of rotatable bonds is 6. The summed E-state index contributed by atoms with van der Waals surface area (Å²) in [5, 5.41) is 17.8. The van der Waals surface area contributed by atoms with Gasteiger partial charge < -0.3 is 20.5 Å². The second-order valence-electron chi connectivity index (χ2n) is 11.5. The molecular weight excluding hydrogens is 518 g/mol. The zero-order chi connectivity index (χ0) is 28.9. The molecule has 3 N–H and O–H groups in total. The van der Waals surface area contributed by atoms with E-state index in [1.807, 2.05) is 18.2 Å². The number of pyridine rings is 1. The first-order chi connectivity index (χ1) is 19.6. The van der Waals surface area contributed by atoms with E-state index < -0.39 is 5.60 Å². The van der Waals surface area contributed by atoms with E-state index >= 15 is 0 Å². The van der Waals surface area contributed by atoms with Gasteiger partial charge in [0.2, 0.25) is 5.95 Å². The van der Waals surface area contributed by atoms with Crippen LogP contribution in [0.25, 0.3) is 22.5 Å². The van der Waals surface area contributed by atoms with Crippen molar-refractivity contribution in [2.24, 2.45) is 0 Å². The van der Waals surface area contributed by atoms with E-state index in [4.69, 9.17) is 14.7 Å². The highest BCUT2D eigenvalue weighted by molar-refractivity contribution is 5.78. The Labute approximate surface area is 237 Å². The SMILES string of the molecule is COc1ccccc1-n1c(=O)c2cnc(Nc3ccc4c(c3)CNCC4(C)C)nc2n1-c1cccc(C(C)(C)O)n1. The number of aromatic nitrogens is 5. The van der Waals surface area contributed by atoms with Crippen LogP contribution in [-0.4, -0.2) is 43.1 Å². The molecule has 0 atom stereocenters. The molecule has 0 fully saturated rings. The Morgan fingerprint density at radius 2 is 1.85 bits per heavy atom. The number of aliphatic hydroxyl groups is 1. The number of nitrogens with zero attached hydrogens (tertiary/aromatic N) is 5. The quantitative estimate of drug-likeness (QED) is 0.285. The zero-order valence-electron chi connectivity index (χ0n) is 23.8. The average molecular weight is 552 g/mol. The first-order valence-corrected chi connectivity index (χ1v) is 13.5. The summed E-state index contributed by atoms with van der Waals surface area (Å²) in [5.74, 6) is 1.26. The van der Waals surface area contributed by atoms with Crippen molar-refractivity contribution in [2.45, 2.75) is 45.3 Å². The van der Waals surface area contributed by atoms with Gasteiger partial charge in [-0.1, -0.05) is 38.1 Å². The molecule has 41 heavy (non-hydrogen) atoms. The molecule has 210 valence electrons. The first-order valence-electron chi connectivity index (χ1n) is 13.5. The van der Waals surface area contributed by atoms with Gasteiger partial charge in [0.15, 0.2) is 11.5 Å². The van der Waals surface area contributed by atoms with Crippen LogP contribution in [0.4, 0.5) is 11.6 Å². The second-order valence-corrected chi connectivity index (χ2v) is 11.5. The van der Waals surface area contributed by atoms with E-state index in [9.17, 15) is 9.90 Å². The number of fused-ring (bicyclic) bond motifs is 2. The maximum atomic E-state index is 13.9. The van der Waals surface area contributed by atoms with Gasteiger partial charge in [-0.05, 0) is 61.4 Å². The molecule has 0 saturated carbocycles. The predicted molar refractivity (Wildman–Crippen MR) is 159 cm³/mol. The normalized spacial score (nSPS) is 14.6. The molecule has 1 aliphatic rings. The fraction of sp³-hybridized carbons (Fsp3) is 0.290. The standard InChI is InChI=1S/C31H33N7O3/c1-30(2)18-32-16-19-15-20(13-14-22(19)30)34-29-33-17-21-27(36-29)38(26-12-8-11-25(35-26)31(3,4)40)37(28(21)39)23-9-6-7-10-24(23)41-5/h6-15,17,32,40H,16,18H2,1-5H3,(H,33,34,36). The van der Waals surface area contributed by atoms with Gasteiger partial charge in [0, 0.05) is 30.4 Å². The lowest BCUT2D eigenvalue weighted by Gasteiger charge is -2.33. The molecule has 0 bridgehead atoms. The Morgan fingerprint density at radius 1 is 1.05 bits per heavy atom. The molecule has 0 spiro atoms. The molecule has 2 aromatic carbocycles. The van der Waals surface area contributed by atoms with E-state index in [1.54, 1.807) is 56.0 Å².